The minimum Gasteiger partial charge on any atom is -0.473 e. The predicted octanol–water partition coefficient (Wildman–Crippen LogP) is 2.07. The molecule has 0 aliphatic carbocycles. The fraction of sp³-hybridized carbons (Fsp3) is 0.353. The average Bonchev–Trinajstić information content (AvgIpc) is 2.58. The molecule has 2 heterocycles. The number of piperazine rings is 1. The van der Waals surface area contributed by atoms with Gasteiger partial charge in [-0.2, -0.15) is 0 Å². The first-order valence-electron chi connectivity index (χ1n) is 7.79. The first-order valence-corrected chi connectivity index (χ1v) is 8.16. The van der Waals surface area contributed by atoms with Crippen LogP contribution < -0.4 is 10.2 Å². The van der Waals surface area contributed by atoms with Crippen LogP contribution in [-0.2, 0) is 9.59 Å². The third kappa shape index (κ3) is 4.80. The molecule has 25 heavy (non-hydrogen) atoms. The number of aliphatic carboxylic acids is 2. The number of aryl methyl sites for hydroxylation is 2. The fourth-order valence-electron chi connectivity index (χ4n) is 2.56. The molecule has 1 aromatic carbocycles. The van der Waals surface area contributed by atoms with E-state index in [1.165, 1.54) is 10.9 Å². The highest BCUT2D eigenvalue weighted by Crippen LogP contribution is 2.27. The molecular weight excluding hydrogens is 346 g/mol. The van der Waals surface area contributed by atoms with Crippen LogP contribution in [0.4, 0.5) is 5.82 Å². The summed E-state index contributed by atoms with van der Waals surface area (Å²) >= 11 is 6.21. The first-order chi connectivity index (χ1) is 11.8. The quantitative estimate of drug-likeness (QED) is 0.665. The van der Waals surface area contributed by atoms with E-state index in [-0.39, 0.29) is 0 Å². The lowest BCUT2D eigenvalue weighted by Gasteiger charge is -2.29. The summed E-state index contributed by atoms with van der Waals surface area (Å²) in [4.78, 5) is 25.3. The van der Waals surface area contributed by atoms with Crippen LogP contribution in [0.15, 0.2) is 18.2 Å². The van der Waals surface area contributed by atoms with Crippen molar-refractivity contribution in [3.63, 3.8) is 0 Å². The molecule has 0 atom stereocenters. The Morgan fingerprint density at radius 2 is 1.68 bits per heavy atom. The summed E-state index contributed by atoms with van der Waals surface area (Å²) in [5.41, 5.74) is 3.36. The van der Waals surface area contributed by atoms with Gasteiger partial charge >= 0.3 is 11.9 Å². The van der Waals surface area contributed by atoms with Gasteiger partial charge < -0.3 is 20.4 Å². The molecule has 3 N–H and O–H groups in total. The maximum absolute atomic E-state index is 9.10. The molecule has 1 aromatic heterocycles. The summed E-state index contributed by atoms with van der Waals surface area (Å²) in [6.07, 6.45) is 0. The molecule has 2 aromatic rings. The van der Waals surface area contributed by atoms with Crippen LogP contribution in [-0.4, -0.2) is 53.3 Å². The number of benzene rings is 1. The van der Waals surface area contributed by atoms with Gasteiger partial charge in [-0.15, -0.1) is 0 Å². The Morgan fingerprint density at radius 3 is 2.24 bits per heavy atom. The maximum Gasteiger partial charge on any atom is 0.414 e. The van der Waals surface area contributed by atoms with Gasteiger partial charge in [-0.1, -0.05) is 11.6 Å². The molecule has 0 saturated carbocycles. The summed E-state index contributed by atoms with van der Waals surface area (Å²) in [6, 6.07) is 6.29. The SMILES string of the molecule is Cc1cc2c(C)cc(N3CCNCC3)nc2cc1Cl.O=C(O)C(=O)O. The second kappa shape index (κ2) is 8.13. The van der Waals surface area contributed by atoms with Gasteiger partial charge in [-0.3, -0.25) is 0 Å². The molecule has 0 spiro atoms. The third-order valence-electron chi connectivity index (χ3n) is 3.91. The normalized spacial score (nSPS) is 14.0. The van der Waals surface area contributed by atoms with Gasteiger partial charge in [0, 0.05) is 36.6 Å². The fourth-order valence-corrected chi connectivity index (χ4v) is 2.72. The summed E-state index contributed by atoms with van der Waals surface area (Å²) in [5.74, 6) is -2.59. The van der Waals surface area contributed by atoms with Crippen molar-refractivity contribution in [2.24, 2.45) is 0 Å². The third-order valence-corrected chi connectivity index (χ3v) is 4.31. The molecule has 3 rings (SSSR count). The largest absolute Gasteiger partial charge is 0.473 e. The summed E-state index contributed by atoms with van der Waals surface area (Å²) in [7, 11) is 0. The number of nitrogens with one attached hydrogen (secondary N) is 1. The van der Waals surface area contributed by atoms with Gasteiger partial charge in [0.1, 0.15) is 5.82 Å². The van der Waals surface area contributed by atoms with Crippen molar-refractivity contribution in [3.05, 3.63) is 34.3 Å². The molecule has 0 unspecified atom stereocenters. The number of hydrogen-bond donors (Lipinski definition) is 3. The van der Waals surface area contributed by atoms with Crippen molar-refractivity contribution >= 4 is 40.3 Å². The van der Waals surface area contributed by atoms with E-state index >= 15 is 0 Å². The number of nitrogens with zero attached hydrogens (tertiary/aromatic N) is 2. The predicted molar refractivity (Wildman–Crippen MR) is 96.6 cm³/mol. The molecule has 0 radical (unpaired) electrons. The number of halogens is 1. The molecule has 134 valence electrons. The molecule has 0 amide bonds. The summed E-state index contributed by atoms with van der Waals surface area (Å²) < 4.78 is 0. The number of hydrogen-bond acceptors (Lipinski definition) is 5. The average molecular weight is 366 g/mol. The van der Waals surface area contributed by atoms with Crippen LogP contribution in [0.3, 0.4) is 0 Å². The number of carboxylic acids is 2. The minimum absolute atomic E-state index is 0.789. The van der Waals surface area contributed by atoms with Crippen molar-refractivity contribution in [2.75, 3.05) is 31.1 Å². The Bertz CT molecular complexity index is 792. The zero-order valence-corrected chi connectivity index (χ0v) is 14.8. The topological polar surface area (TPSA) is 103 Å². The standard InChI is InChI=1S/C15H18ClN3.C2H2O4/c1-10-8-15(19-5-3-17-4-6-19)18-14-9-13(16)11(2)7-12(10)14;3-1(4)2(5)6/h7-9,17H,3-6H2,1-2H3;(H,3,4)(H,5,6). The van der Waals surface area contributed by atoms with Gasteiger partial charge in [0.15, 0.2) is 0 Å². The van der Waals surface area contributed by atoms with Crippen LogP contribution in [0.1, 0.15) is 11.1 Å². The summed E-state index contributed by atoms with van der Waals surface area (Å²) in [5, 5.41) is 20.1. The smallest absolute Gasteiger partial charge is 0.414 e. The number of carbonyl (C=O) groups is 2. The highest BCUT2D eigenvalue weighted by Gasteiger charge is 2.14. The Kier molecular flexibility index (Phi) is 6.17. The van der Waals surface area contributed by atoms with Crippen LogP contribution in [0.5, 0.6) is 0 Å². The zero-order valence-electron chi connectivity index (χ0n) is 14.0. The number of anilines is 1. The second-order valence-electron chi connectivity index (χ2n) is 5.76. The van der Waals surface area contributed by atoms with Gasteiger partial charge in [-0.05, 0) is 43.2 Å². The van der Waals surface area contributed by atoms with E-state index < -0.39 is 11.9 Å². The Balaban J connectivity index is 0.000000326. The number of pyridine rings is 1. The molecule has 8 heteroatoms. The van der Waals surface area contributed by atoms with Crippen LogP contribution in [0.2, 0.25) is 5.02 Å². The van der Waals surface area contributed by atoms with Gasteiger partial charge in [0.05, 0.1) is 5.52 Å². The van der Waals surface area contributed by atoms with Crippen molar-refractivity contribution in [1.82, 2.24) is 10.3 Å². The van der Waals surface area contributed by atoms with Crippen molar-refractivity contribution in [2.45, 2.75) is 13.8 Å². The van der Waals surface area contributed by atoms with Crippen molar-refractivity contribution in [3.8, 4) is 0 Å². The maximum atomic E-state index is 9.10. The lowest BCUT2D eigenvalue weighted by molar-refractivity contribution is -0.159. The molecule has 7 nitrogen and oxygen atoms in total. The monoisotopic (exact) mass is 365 g/mol. The van der Waals surface area contributed by atoms with E-state index in [2.05, 4.69) is 29.3 Å². The van der Waals surface area contributed by atoms with Gasteiger partial charge in [-0.25, -0.2) is 14.6 Å². The Labute approximate surface area is 150 Å². The van der Waals surface area contributed by atoms with Crippen LogP contribution >= 0.6 is 11.6 Å². The van der Waals surface area contributed by atoms with E-state index in [9.17, 15) is 0 Å². The Morgan fingerprint density at radius 1 is 1.08 bits per heavy atom. The molecule has 0 bridgehead atoms. The number of aromatic nitrogens is 1. The summed E-state index contributed by atoms with van der Waals surface area (Å²) in [6.45, 7) is 8.24. The van der Waals surface area contributed by atoms with Crippen molar-refractivity contribution < 1.29 is 19.8 Å². The van der Waals surface area contributed by atoms with E-state index in [4.69, 9.17) is 36.4 Å². The molecule has 1 aliphatic rings. The number of fused-ring (bicyclic) bond motifs is 1. The van der Waals surface area contributed by atoms with Crippen LogP contribution in [0.25, 0.3) is 10.9 Å². The minimum atomic E-state index is -1.82. The van der Waals surface area contributed by atoms with Gasteiger partial charge in [0.25, 0.3) is 0 Å². The van der Waals surface area contributed by atoms with E-state index in [1.54, 1.807) is 0 Å². The zero-order chi connectivity index (χ0) is 18.6. The number of carboxylic acid groups (broad SMARTS) is 2. The van der Waals surface area contributed by atoms with Crippen LogP contribution in [0, 0.1) is 13.8 Å². The van der Waals surface area contributed by atoms with E-state index in [0.717, 1.165) is 48.1 Å². The number of rotatable bonds is 1. The second-order valence-corrected chi connectivity index (χ2v) is 6.17. The Hall–Kier alpha value is -2.38. The molecule has 1 saturated heterocycles. The molecular formula is C17H20ClN3O4. The lowest BCUT2D eigenvalue weighted by atomic mass is 10.1. The molecule has 1 fully saturated rings. The van der Waals surface area contributed by atoms with Crippen molar-refractivity contribution in [1.29, 1.82) is 0 Å². The molecule has 1 aliphatic heterocycles. The lowest BCUT2D eigenvalue weighted by Crippen LogP contribution is -2.43. The highest BCUT2D eigenvalue weighted by molar-refractivity contribution is 6.32. The van der Waals surface area contributed by atoms with Gasteiger partial charge in [0.2, 0.25) is 0 Å². The van der Waals surface area contributed by atoms with E-state index in [0.29, 0.717) is 0 Å². The van der Waals surface area contributed by atoms with E-state index in [1.807, 2.05) is 13.0 Å². The highest BCUT2D eigenvalue weighted by atomic mass is 35.5. The first kappa shape index (κ1) is 19.0.